The smallest absolute Gasteiger partial charge is 0.237 e. The average Bonchev–Trinajstić information content (AvgIpc) is 2.51. The van der Waals surface area contributed by atoms with E-state index in [2.05, 4.69) is 16.0 Å². The molecule has 0 saturated carbocycles. The van der Waals surface area contributed by atoms with Gasteiger partial charge in [-0.15, -0.1) is 11.8 Å². The van der Waals surface area contributed by atoms with Crippen LogP contribution >= 0.6 is 23.5 Å². The number of carbonyl (C=O) groups is 1. The quantitative estimate of drug-likeness (QED) is 0.688. The van der Waals surface area contributed by atoms with Gasteiger partial charge in [0.15, 0.2) is 5.16 Å². The predicted octanol–water partition coefficient (Wildman–Crippen LogP) is 2.60. The summed E-state index contributed by atoms with van der Waals surface area (Å²) in [5, 5.41) is 0.547. The summed E-state index contributed by atoms with van der Waals surface area (Å²) in [5.74, 6) is 1.73. The number of benzene rings is 1. The molecule has 0 bridgehead atoms. The molecule has 3 rings (SSSR count). The minimum Gasteiger partial charge on any atom is -0.384 e. The summed E-state index contributed by atoms with van der Waals surface area (Å²) in [6.07, 6.45) is 0. The number of hydrogen-bond donors (Lipinski definition) is 1. The molecule has 114 valence electrons. The summed E-state index contributed by atoms with van der Waals surface area (Å²) < 4.78 is 0. The Morgan fingerprint density at radius 1 is 1.41 bits per heavy atom. The van der Waals surface area contributed by atoms with Gasteiger partial charge in [0, 0.05) is 29.0 Å². The van der Waals surface area contributed by atoms with Crippen LogP contribution in [-0.2, 0) is 4.79 Å². The standard InChI is InChI=1S/C15H16N4OS2/c1-10-8-13(16)18-15(17-10)22-9-14(20)19-6-7-21-12-5-3-2-4-11(12)19/h2-5,8H,6-7,9H2,1H3,(H2,16,17,18). The zero-order chi connectivity index (χ0) is 15.5. The van der Waals surface area contributed by atoms with E-state index >= 15 is 0 Å². The summed E-state index contributed by atoms with van der Waals surface area (Å²) in [7, 11) is 0. The molecule has 0 aliphatic carbocycles. The molecule has 7 heteroatoms. The van der Waals surface area contributed by atoms with E-state index in [-0.39, 0.29) is 5.91 Å². The molecular weight excluding hydrogens is 316 g/mol. The van der Waals surface area contributed by atoms with E-state index in [1.165, 1.54) is 11.8 Å². The van der Waals surface area contributed by atoms with Gasteiger partial charge >= 0.3 is 0 Å². The molecule has 2 aromatic rings. The van der Waals surface area contributed by atoms with Crippen LogP contribution in [0.2, 0.25) is 0 Å². The first-order valence-corrected chi connectivity index (χ1v) is 8.87. The highest BCUT2D eigenvalue weighted by atomic mass is 32.2. The molecule has 22 heavy (non-hydrogen) atoms. The van der Waals surface area contributed by atoms with Crippen molar-refractivity contribution in [2.24, 2.45) is 0 Å². The fraction of sp³-hybridized carbons (Fsp3) is 0.267. The molecule has 0 unspecified atom stereocenters. The van der Waals surface area contributed by atoms with E-state index in [0.717, 1.165) is 28.6 Å². The first-order chi connectivity index (χ1) is 10.6. The Labute approximate surface area is 137 Å². The number of thioether (sulfide) groups is 2. The SMILES string of the molecule is Cc1cc(N)nc(SCC(=O)N2CCSc3ccccc32)n1. The summed E-state index contributed by atoms with van der Waals surface area (Å²) >= 11 is 3.11. The molecule has 2 heterocycles. The minimum atomic E-state index is 0.0708. The fourth-order valence-electron chi connectivity index (χ4n) is 2.26. The average molecular weight is 332 g/mol. The summed E-state index contributed by atoms with van der Waals surface area (Å²) in [6, 6.07) is 9.71. The van der Waals surface area contributed by atoms with Crippen LogP contribution in [-0.4, -0.2) is 33.9 Å². The number of nitrogens with two attached hydrogens (primary N) is 1. The van der Waals surface area contributed by atoms with Crippen LogP contribution in [0.3, 0.4) is 0 Å². The summed E-state index contributed by atoms with van der Waals surface area (Å²) in [5.41, 5.74) is 7.51. The predicted molar refractivity (Wildman–Crippen MR) is 91.4 cm³/mol. The van der Waals surface area contributed by atoms with Crippen LogP contribution in [0.25, 0.3) is 0 Å². The van der Waals surface area contributed by atoms with Gasteiger partial charge in [-0.1, -0.05) is 23.9 Å². The van der Waals surface area contributed by atoms with E-state index in [0.29, 0.717) is 16.7 Å². The van der Waals surface area contributed by atoms with Crippen LogP contribution in [0.1, 0.15) is 5.69 Å². The number of para-hydroxylation sites is 1. The normalized spacial score (nSPS) is 13.8. The number of nitrogen functional groups attached to an aromatic ring is 1. The molecule has 0 atom stereocenters. The van der Waals surface area contributed by atoms with Crippen molar-refractivity contribution in [2.75, 3.05) is 28.7 Å². The highest BCUT2D eigenvalue weighted by Crippen LogP contribution is 2.34. The summed E-state index contributed by atoms with van der Waals surface area (Å²) in [4.78, 5) is 24.0. The van der Waals surface area contributed by atoms with E-state index in [4.69, 9.17) is 5.73 Å². The van der Waals surface area contributed by atoms with Gasteiger partial charge in [0.1, 0.15) is 5.82 Å². The Kier molecular flexibility index (Phi) is 4.54. The van der Waals surface area contributed by atoms with E-state index in [1.807, 2.05) is 30.0 Å². The van der Waals surface area contributed by atoms with E-state index in [1.54, 1.807) is 17.8 Å². The second-order valence-corrected chi connectivity index (χ2v) is 6.95. The van der Waals surface area contributed by atoms with Gasteiger partial charge in [-0.25, -0.2) is 9.97 Å². The number of aryl methyl sites for hydroxylation is 1. The number of aromatic nitrogens is 2. The number of nitrogens with zero attached hydrogens (tertiary/aromatic N) is 3. The minimum absolute atomic E-state index is 0.0708. The number of anilines is 2. The monoisotopic (exact) mass is 332 g/mol. The maximum Gasteiger partial charge on any atom is 0.237 e. The maximum absolute atomic E-state index is 12.5. The summed E-state index contributed by atoms with van der Waals surface area (Å²) in [6.45, 7) is 2.60. The lowest BCUT2D eigenvalue weighted by atomic mass is 10.3. The third kappa shape index (κ3) is 3.36. The van der Waals surface area contributed by atoms with Crippen molar-refractivity contribution in [3.8, 4) is 0 Å². The zero-order valence-electron chi connectivity index (χ0n) is 12.2. The topological polar surface area (TPSA) is 72.1 Å². The van der Waals surface area contributed by atoms with Crippen molar-refractivity contribution in [2.45, 2.75) is 17.0 Å². The maximum atomic E-state index is 12.5. The van der Waals surface area contributed by atoms with Crippen LogP contribution in [0.4, 0.5) is 11.5 Å². The molecular formula is C15H16N4OS2. The lowest BCUT2D eigenvalue weighted by molar-refractivity contribution is -0.116. The Morgan fingerprint density at radius 3 is 3.05 bits per heavy atom. The van der Waals surface area contributed by atoms with Gasteiger partial charge < -0.3 is 10.6 Å². The van der Waals surface area contributed by atoms with Gasteiger partial charge in [0.05, 0.1) is 11.4 Å². The zero-order valence-corrected chi connectivity index (χ0v) is 13.8. The molecule has 1 aliphatic rings. The third-order valence-electron chi connectivity index (χ3n) is 3.21. The largest absolute Gasteiger partial charge is 0.384 e. The Hall–Kier alpha value is -1.73. The lowest BCUT2D eigenvalue weighted by Gasteiger charge is -2.28. The van der Waals surface area contributed by atoms with Gasteiger partial charge in [-0.3, -0.25) is 4.79 Å². The molecule has 5 nitrogen and oxygen atoms in total. The number of hydrogen-bond acceptors (Lipinski definition) is 6. The van der Waals surface area contributed by atoms with Gasteiger partial charge in [0.25, 0.3) is 0 Å². The second-order valence-electron chi connectivity index (χ2n) is 4.87. The second kappa shape index (κ2) is 6.58. The highest BCUT2D eigenvalue weighted by Gasteiger charge is 2.22. The number of rotatable bonds is 3. The molecule has 0 radical (unpaired) electrons. The molecule has 0 fully saturated rings. The Bertz CT molecular complexity index is 687. The van der Waals surface area contributed by atoms with Gasteiger partial charge in [-0.05, 0) is 19.1 Å². The fourth-order valence-corrected chi connectivity index (χ4v) is 4.04. The van der Waals surface area contributed by atoms with Crippen molar-refractivity contribution in [3.05, 3.63) is 36.0 Å². The third-order valence-corrected chi connectivity index (χ3v) is 5.08. The first kappa shape index (κ1) is 15.2. The number of carbonyl (C=O) groups excluding carboxylic acids is 1. The van der Waals surface area contributed by atoms with Gasteiger partial charge in [-0.2, -0.15) is 0 Å². The molecule has 1 aromatic carbocycles. The molecule has 1 amide bonds. The molecule has 0 saturated heterocycles. The van der Waals surface area contributed by atoms with Crippen LogP contribution in [0.15, 0.2) is 40.4 Å². The van der Waals surface area contributed by atoms with Crippen LogP contribution in [0, 0.1) is 6.92 Å². The van der Waals surface area contributed by atoms with Crippen molar-refractivity contribution in [1.29, 1.82) is 0 Å². The molecule has 0 spiro atoms. The Morgan fingerprint density at radius 2 is 2.23 bits per heavy atom. The highest BCUT2D eigenvalue weighted by molar-refractivity contribution is 8.00. The molecule has 1 aliphatic heterocycles. The van der Waals surface area contributed by atoms with Crippen molar-refractivity contribution in [1.82, 2.24) is 9.97 Å². The van der Waals surface area contributed by atoms with E-state index < -0.39 is 0 Å². The van der Waals surface area contributed by atoms with E-state index in [9.17, 15) is 4.79 Å². The van der Waals surface area contributed by atoms with Gasteiger partial charge in [0.2, 0.25) is 5.91 Å². The first-order valence-electron chi connectivity index (χ1n) is 6.89. The van der Waals surface area contributed by atoms with Crippen molar-refractivity contribution in [3.63, 3.8) is 0 Å². The lowest BCUT2D eigenvalue weighted by Crippen LogP contribution is -2.36. The van der Waals surface area contributed by atoms with Crippen LogP contribution in [0.5, 0.6) is 0 Å². The van der Waals surface area contributed by atoms with Crippen LogP contribution < -0.4 is 10.6 Å². The van der Waals surface area contributed by atoms with Crippen molar-refractivity contribution >= 4 is 40.9 Å². The number of fused-ring (bicyclic) bond motifs is 1. The molecule has 1 aromatic heterocycles. The molecule has 2 N–H and O–H groups in total. The Balaban J connectivity index is 1.70. The van der Waals surface area contributed by atoms with Crippen molar-refractivity contribution < 1.29 is 4.79 Å². The number of amides is 1.